The van der Waals surface area contributed by atoms with Crippen LogP contribution in [0.3, 0.4) is 0 Å². The Morgan fingerprint density at radius 3 is 2.47 bits per heavy atom. The minimum Gasteiger partial charge on any atom is -0.328 e. The summed E-state index contributed by atoms with van der Waals surface area (Å²) in [5, 5.41) is 0. The number of nitrogens with two attached hydrogens (primary N) is 1. The van der Waals surface area contributed by atoms with Crippen molar-refractivity contribution >= 4 is 6.29 Å². The van der Waals surface area contributed by atoms with Crippen LogP contribution >= 0.6 is 0 Å². The molecule has 6 unspecified atom stereocenters. The summed E-state index contributed by atoms with van der Waals surface area (Å²) in [5.74, 6) is 2.41. The van der Waals surface area contributed by atoms with Crippen molar-refractivity contribution in [3.8, 4) is 0 Å². The summed E-state index contributed by atoms with van der Waals surface area (Å²) in [4.78, 5) is 11.1. The van der Waals surface area contributed by atoms with E-state index in [1.54, 1.807) is 0 Å². The van der Waals surface area contributed by atoms with E-state index in [2.05, 4.69) is 20.8 Å². The van der Waals surface area contributed by atoms with Gasteiger partial charge in [0.25, 0.3) is 0 Å². The van der Waals surface area contributed by atoms with Crippen LogP contribution < -0.4 is 5.73 Å². The van der Waals surface area contributed by atoms with E-state index in [1.807, 2.05) is 0 Å². The molecule has 0 amide bonds. The number of carbonyl (C=O) groups is 1. The van der Waals surface area contributed by atoms with E-state index in [0.29, 0.717) is 17.9 Å². The van der Waals surface area contributed by atoms with Crippen LogP contribution in [0.4, 0.5) is 0 Å². The lowest BCUT2D eigenvalue weighted by molar-refractivity contribution is -0.110. The first-order valence-electron chi connectivity index (χ1n) is 7.20. The molecule has 0 saturated heterocycles. The van der Waals surface area contributed by atoms with Gasteiger partial charge in [-0.15, -0.1) is 0 Å². The molecule has 6 atom stereocenters. The largest absolute Gasteiger partial charge is 0.328 e. The molecule has 0 aromatic heterocycles. The standard InChI is InChI=1S/C15H27NO/c1-10-4-5-11(2)12(3)15(7-13(15)9-17)8-14(16)6-10/h9-14H,4-8,16H2,1-3H3. The molecule has 2 nitrogen and oxygen atoms in total. The maximum absolute atomic E-state index is 11.1. The third-order valence-electron chi connectivity index (χ3n) is 5.57. The monoisotopic (exact) mass is 237 g/mol. The van der Waals surface area contributed by atoms with Crippen molar-refractivity contribution in [3.63, 3.8) is 0 Å². The first-order valence-corrected chi connectivity index (χ1v) is 7.20. The lowest BCUT2D eigenvalue weighted by atomic mass is 9.75. The SMILES string of the molecule is CC1CCC(C)C(C)C2(CC(N)C1)CC2C=O. The Morgan fingerprint density at radius 1 is 1.18 bits per heavy atom. The highest BCUT2D eigenvalue weighted by Gasteiger charge is 2.58. The molecule has 0 aromatic rings. The second kappa shape index (κ2) is 4.72. The first-order chi connectivity index (χ1) is 7.99. The zero-order valence-corrected chi connectivity index (χ0v) is 11.5. The van der Waals surface area contributed by atoms with Gasteiger partial charge in [0.1, 0.15) is 6.29 Å². The molecule has 0 aromatic carbocycles. The molecule has 2 aliphatic carbocycles. The quantitative estimate of drug-likeness (QED) is 0.712. The lowest BCUT2D eigenvalue weighted by Crippen LogP contribution is -2.31. The normalized spacial score (nSPS) is 51.4. The zero-order valence-electron chi connectivity index (χ0n) is 11.5. The first kappa shape index (κ1) is 13.1. The molecule has 0 heterocycles. The van der Waals surface area contributed by atoms with E-state index in [4.69, 9.17) is 5.73 Å². The predicted molar refractivity (Wildman–Crippen MR) is 70.5 cm³/mol. The highest BCUT2D eigenvalue weighted by atomic mass is 16.1. The van der Waals surface area contributed by atoms with Crippen molar-refractivity contribution in [1.29, 1.82) is 0 Å². The molecule has 1 spiro atoms. The van der Waals surface area contributed by atoms with E-state index in [-0.39, 0.29) is 5.41 Å². The molecule has 0 bridgehead atoms. The second-order valence-corrected chi connectivity index (χ2v) is 6.83. The number of carbonyl (C=O) groups excluding carboxylic acids is 1. The molecule has 2 aliphatic rings. The third-order valence-corrected chi connectivity index (χ3v) is 5.57. The Kier molecular flexibility index (Phi) is 3.63. The molecule has 0 aliphatic heterocycles. The van der Waals surface area contributed by atoms with Gasteiger partial charge < -0.3 is 10.5 Å². The second-order valence-electron chi connectivity index (χ2n) is 6.83. The van der Waals surface area contributed by atoms with Crippen LogP contribution in [0.2, 0.25) is 0 Å². The Labute approximate surface area is 105 Å². The summed E-state index contributed by atoms with van der Waals surface area (Å²) in [6, 6.07) is 0.294. The molecule has 2 fully saturated rings. The summed E-state index contributed by atoms with van der Waals surface area (Å²) in [6.45, 7) is 7.02. The highest BCUT2D eigenvalue weighted by Crippen LogP contribution is 2.62. The summed E-state index contributed by atoms with van der Waals surface area (Å²) in [7, 11) is 0. The highest BCUT2D eigenvalue weighted by molar-refractivity contribution is 5.60. The predicted octanol–water partition coefficient (Wildman–Crippen LogP) is 3.00. The Balaban J connectivity index is 2.16. The minimum atomic E-state index is 0.255. The van der Waals surface area contributed by atoms with Crippen LogP contribution in [-0.2, 0) is 4.79 Å². The van der Waals surface area contributed by atoms with Crippen LogP contribution in [0.5, 0.6) is 0 Å². The van der Waals surface area contributed by atoms with Crippen LogP contribution in [0.1, 0.15) is 52.9 Å². The number of hydrogen-bond donors (Lipinski definition) is 1. The molecular weight excluding hydrogens is 210 g/mol. The van der Waals surface area contributed by atoms with E-state index < -0.39 is 0 Å². The Bertz CT molecular complexity index is 291. The average Bonchev–Trinajstić information content (AvgIpc) is 2.97. The fourth-order valence-corrected chi connectivity index (χ4v) is 4.05. The topological polar surface area (TPSA) is 43.1 Å². The van der Waals surface area contributed by atoms with Gasteiger partial charge in [0.05, 0.1) is 0 Å². The van der Waals surface area contributed by atoms with Crippen molar-refractivity contribution in [1.82, 2.24) is 0 Å². The smallest absolute Gasteiger partial charge is 0.123 e. The fraction of sp³-hybridized carbons (Fsp3) is 0.933. The van der Waals surface area contributed by atoms with Crippen LogP contribution in [-0.4, -0.2) is 12.3 Å². The van der Waals surface area contributed by atoms with Crippen molar-refractivity contribution in [2.24, 2.45) is 34.8 Å². The average molecular weight is 237 g/mol. The maximum atomic E-state index is 11.1. The molecule has 0 radical (unpaired) electrons. The zero-order chi connectivity index (χ0) is 12.6. The summed E-state index contributed by atoms with van der Waals surface area (Å²) < 4.78 is 0. The molecule has 17 heavy (non-hydrogen) atoms. The summed E-state index contributed by atoms with van der Waals surface area (Å²) in [5.41, 5.74) is 6.54. The van der Waals surface area contributed by atoms with Gasteiger partial charge in [0, 0.05) is 12.0 Å². The fourth-order valence-electron chi connectivity index (χ4n) is 4.05. The Hall–Kier alpha value is -0.370. The van der Waals surface area contributed by atoms with Crippen LogP contribution in [0.25, 0.3) is 0 Å². The van der Waals surface area contributed by atoms with Gasteiger partial charge >= 0.3 is 0 Å². The van der Waals surface area contributed by atoms with Gasteiger partial charge in [0.2, 0.25) is 0 Å². The van der Waals surface area contributed by atoms with Gasteiger partial charge in [-0.2, -0.15) is 0 Å². The van der Waals surface area contributed by atoms with E-state index in [0.717, 1.165) is 31.1 Å². The third kappa shape index (κ3) is 2.42. The van der Waals surface area contributed by atoms with Crippen molar-refractivity contribution in [2.45, 2.75) is 58.9 Å². The number of aldehydes is 1. The maximum Gasteiger partial charge on any atom is 0.123 e. The van der Waals surface area contributed by atoms with E-state index >= 15 is 0 Å². The molecular formula is C15H27NO. The van der Waals surface area contributed by atoms with Gasteiger partial charge in [0.15, 0.2) is 0 Å². The minimum absolute atomic E-state index is 0.255. The molecule has 2 heteroatoms. The Morgan fingerprint density at radius 2 is 1.88 bits per heavy atom. The summed E-state index contributed by atoms with van der Waals surface area (Å²) >= 11 is 0. The van der Waals surface area contributed by atoms with Gasteiger partial charge in [-0.25, -0.2) is 0 Å². The van der Waals surface area contributed by atoms with Gasteiger partial charge in [-0.05, 0) is 42.4 Å². The van der Waals surface area contributed by atoms with Crippen molar-refractivity contribution < 1.29 is 4.79 Å². The van der Waals surface area contributed by atoms with E-state index in [9.17, 15) is 4.79 Å². The van der Waals surface area contributed by atoms with Gasteiger partial charge in [-0.1, -0.05) is 33.6 Å². The van der Waals surface area contributed by atoms with Crippen molar-refractivity contribution in [3.05, 3.63) is 0 Å². The van der Waals surface area contributed by atoms with Crippen LogP contribution in [0.15, 0.2) is 0 Å². The molecule has 2 rings (SSSR count). The summed E-state index contributed by atoms with van der Waals surface area (Å²) in [6.07, 6.45) is 7.05. The van der Waals surface area contributed by atoms with Crippen molar-refractivity contribution in [2.75, 3.05) is 0 Å². The van der Waals surface area contributed by atoms with E-state index in [1.165, 1.54) is 19.1 Å². The number of hydrogen-bond acceptors (Lipinski definition) is 2. The molecule has 2 saturated carbocycles. The lowest BCUT2D eigenvalue weighted by Gasteiger charge is -2.30. The van der Waals surface area contributed by atoms with Gasteiger partial charge in [-0.3, -0.25) is 0 Å². The molecule has 2 N–H and O–H groups in total. The molecule has 98 valence electrons. The van der Waals surface area contributed by atoms with Crippen LogP contribution in [0, 0.1) is 29.1 Å². The number of rotatable bonds is 1.